The molecule has 0 saturated carbocycles. The zero-order chi connectivity index (χ0) is 18.5. The molecule has 0 aliphatic heterocycles. The predicted molar refractivity (Wildman–Crippen MR) is 108 cm³/mol. The van der Waals surface area contributed by atoms with Crippen LogP contribution in [0.15, 0.2) is 12.2 Å². The fraction of sp³-hybridized carbons (Fsp3) is 0.864. The largest absolute Gasteiger partial charge is 0.481 e. The second-order valence-corrected chi connectivity index (χ2v) is 6.93. The van der Waals surface area contributed by atoms with Gasteiger partial charge in [-0.25, -0.2) is 0 Å². The summed E-state index contributed by atoms with van der Waals surface area (Å²) < 4.78 is 0. The first-order valence-electron chi connectivity index (χ1n) is 10.5. The van der Waals surface area contributed by atoms with Gasteiger partial charge in [0.15, 0.2) is 0 Å². The van der Waals surface area contributed by atoms with Crippen LogP contribution in [-0.2, 0) is 4.79 Å². The van der Waals surface area contributed by atoms with Crippen LogP contribution in [-0.4, -0.2) is 11.1 Å². The van der Waals surface area contributed by atoms with Crippen molar-refractivity contribution >= 4 is 5.97 Å². The molecule has 0 saturated heterocycles. The summed E-state index contributed by atoms with van der Waals surface area (Å²) in [7, 11) is 0. The van der Waals surface area contributed by atoms with Gasteiger partial charge in [0, 0.05) is 6.42 Å². The van der Waals surface area contributed by atoms with Crippen molar-refractivity contribution in [1.29, 1.82) is 0 Å². The molecule has 0 rings (SSSR count). The van der Waals surface area contributed by atoms with Crippen LogP contribution in [0.5, 0.6) is 0 Å². The minimum Gasteiger partial charge on any atom is -0.481 e. The van der Waals surface area contributed by atoms with E-state index in [2.05, 4.69) is 27.4 Å². The third-order valence-electron chi connectivity index (χ3n) is 4.26. The van der Waals surface area contributed by atoms with Crippen molar-refractivity contribution in [3.05, 3.63) is 12.2 Å². The summed E-state index contributed by atoms with van der Waals surface area (Å²) in [6.07, 6.45) is 19.2. The normalized spacial score (nSPS) is 10.1. The maximum atomic E-state index is 10.2. The fourth-order valence-electron chi connectivity index (χ4n) is 2.57. The van der Waals surface area contributed by atoms with Gasteiger partial charge in [-0.2, -0.15) is 0 Å². The van der Waals surface area contributed by atoms with E-state index in [0.29, 0.717) is 6.42 Å². The molecule has 0 unspecified atom stereocenters. The van der Waals surface area contributed by atoms with Crippen LogP contribution in [0.3, 0.4) is 0 Å². The highest BCUT2D eigenvalue weighted by Gasteiger charge is 1.96. The van der Waals surface area contributed by atoms with E-state index in [1.54, 1.807) is 0 Å². The smallest absolute Gasteiger partial charge is 0.303 e. The highest BCUT2D eigenvalue weighted by molar-refractivity contribution is 5.66. The molecular weight excluding hydrogens is 296 g/mol. The van der Waals surface area contributed by atoms with E-state index >= 15 is 0 Å². The van der Waals surface area contributed by atoms with E-state index in [9.17, 15) is 4.79 Å². The Hall–Kier alpha value is -0.790. The summed E-state index contributed by atoms with van der Waals surface area (Å²) in [5.41, 5.74) is 1.45. The molecular formula is C22H44O2. The monoisotopic (exact) mass is 340 g/mol. The van der Waals surface area contributed by atoms with Crippen molar-refractivity contribution in [2.45, 2.75) is 124 Å². The molecule has 0 bridgehead atoms. The lowest BCUT2D eigenvalue weighted by Crippen LogP contribution is -1.93. The topological polar surface area (TPSA) is 37.3 Å². The van der Waals surface area contributed by atoms with Crippen LogP contribution in [0, 0.1) is 0 Å². The van der Waals surface area contributed by atoms with Gasteiger partial charge in [0.1, 0.15) is 0 Å². The molecule has 0 heterocycles. The van der Waals surface area contributed by atoms with Gasteiger partial charge in [-0.05, 0) is 32.1 Å². The molecule has 0 aromatic carbocycles. The minimum atomic E-state index is -0.659. The summed E-state index contributed by atoms with van der Waals surface area (Å²) in [5.74, 6) is -0.659. The van der Waals surface area contributed by atoms with Crippen LogP contribution in [0.2, 0.25) is 0 Å². The molecule has 0 atom stereocenters. The summed E-state index contributed by atoms with van der Waals surface area (Å²) in [4.78, 5) is 10.2. The number of hydrogen-bond donors (Lipinski definition) is 1. The molecule has 0 aliphatic rings. The van der Waals surface area contributed by atoms with Gasteiger partial charge in [0.2, 0.25) is 0 Å². The minimum absolute atomic E-state index is 0.343. The van der Waals surface area contributed by atoms with Crippen molar-refractivity contribution in [2.24, 2.45) is 0 Å². The number of allylic oxidation sites excluding steroid dienone is 1. The van der Waals surface area contributed by atoms with Gasteiger partial charge in [0.25, 0.3) is 0 Å². The van der Waals surface area contributed by atoms with E-state index in [4.69, 9.17) is 5.11 Å². The molecule has 0 amide bonds. The van der Waals surface area contributed by atoms with Crippen LogP contribution >= 0.6 is 0 Å². The highest BCUT2D eigenvalue weighted by atomic mass is 16.4. The Morgan fingerprint density at radius 2 is 1.00 bits per heavy atom. The Labute approximate surface area is 152 Å². The van der Waals surface area contributed by atoms with Crippen molar-refractivity contribution in [3.8, 4) is 0 Å². The number of unbranched alkanes of at least 4 members (excludes halogenated alkanes) is 10. The lowest BCUT2D eigenvalue weighted by atomic mass is 10.1. The Bertz CT molecular complexity index is 261. The maximum Gasteiger partial charge on any atom is 0.303 e. The standard InChI is InChI=1S/C12H24O2.C10H20/c1-2-3-4-5-6-7-8-9-10-11-12(13)14;1-4-6-8-10(3)9-7-5-2/h2-11H2,1H3,(H,13,14);3-9H2,1-2H3. The fourth-order valence-corrected chi connectivity index (χ4v) is 2.57. The highest BCUT2D eigenvalue weighted by Crippen LogP contribution is 2.12. The lowest BCUT2D eigenvalue weighted by Gasteiger charge is -2.01. The Kier molecular flexibility index (Phi) is 23.6. The van der Waals surface area contributed by atoms with E-state index in [1.807, 2.05) is 0 Å². The predicted octanol–water partition coefficient (Wildman–Crippen LogP) is 7.91. The zero-order valence-corrected chi connectivity index (χ0v) is 16.9. The average Bonchev–Trinajstić information content (AvgIpc) is 2.57. The number of carboxylic acids is 1. The number of rotatable bonds is 16. The first kappa shape index (κ1) is 25.5. The van der Waals surface area contributed by atoms with Gasteiger partial charge in [0.05, 0.1) is 0 Å². The molecule has 0 radical (unpaired) electrons. The lowest BCUT2D eigenvalue weighted by molar-refractivity contribution is -0.137. The zero-order valence-electron chi connectivity index (χ0n) is 16.9. The number of carboxylic acid groups (broad SMARTS) is 1. The second-order valence-electron chi connectivity index (χ2n) is 6.93. The van der Waals surface area contributed by atoms with E-state index in [0.717, 1.165) is 12.8 Å². The molecule has 0 aromatic rings. The molecule has 1 N–H and O–H groups in total. The van der Waals surface area contributed by atoms with E-state index in [-0.39, 0.29) is 0 Å². The molecule has 144 valence electrons. The van der Waals surface area contributed by atoms with Crippen LogP contribution in [0.4, 0.5) is 0 Å². The Morgan fingerprint density at radius 1 is 0.625 bits per heavy atom. The molecule has 0 fully saturated rings. The third kappa shape index (κ3) is 26.1. The number of hydrogen-bond acceptors (Lipinski definition) is 1. The van der Waals surface area contributed by atoms with Crippen molar-refractivity contribution in [2.75, 3.05) is 0 Å². The number of carbonyl (C=O) groups is 1. The van der Waals surface area contributed by atoms with E-state index in [1.165, 1.54) is 89.0 Å². The summed E-state index contributed by atoms with van der Waals surface area (Å²) in [5, 5.41) is 8.41. The summed E-state index contributed by atoms with van der Waals surface area (Å²) in [6, 6.07) is 0. The number of aliphatic carboxylic acids is 1. The van der Waals surface area contributed by atoms with Crippen LogP contribution in [0.25, 0.3) is 0 Å². The molecule has 24 heavy (non-hydrogen) atoms. The van der Waals surface area contributed by atoms with Crippen molar-refractivity contribution < 1.29 is 9.90 Å². The maximum absolute atomic E-state index is 10.2. The molecule has 0 aromatic heterocycles. The van der Waals surface area contributed by atoms with Crippen molar-refractivity contribution in [1.82, 2.24) is 0 Å². The Morgan fingerprint density at radius 3 is 1.38 bits per heavy atom. The summed E-state index contributed by atoms with van der Waals surface area (Å²) in [6.45, 7) is 10.7. The van der Waals surface area contributed by atoms with Gasteiger partial charge < -0.3 is 5.11 Å². The third-order valence-corrected chi connectivity index (χ3v) is 4.26. The summed E-state index contributed by atoms with van der Waals surface area (Å²) >= 11 is 0. The van der Waals surface area contributed by atoms with Gasteiger partial charge in [-0.3, -0.25) is 4.79 Å². The SMILES string of the molecule is C=C(CCCC)CCCC.CCCCCCCCCCCC(=O)O. The first-order chi connectivity index (χ1) is 11.6. The molecule has 2 nitrogen and oxygen atoms in total. The molecule has 0 aliphatic carbocycles. The van der Waals surface area contributed by atoms with E-state index < -0.39 is 5.97 Å². The molecule has 2 heteroatoms. The van der Waals surface area contributed by atoms with Crippen LogP contribution in [0.1, 0.15) is 124 Å². The van der Waals surface area contributed by atoms with Crippen molar-refractivity contribution in [3.63, 3.8) is 0 Å². The second kappa shape index (κ2) is 22.2. The quantitative estimate of drug-likeness (QED) is 0.229. The Balaban J connectivity index is 0. The first-order valence-corrected chi connectivity index (χ1v) is 10.5. The van der Waals surface area contributed by atoms with Gasteiger partial charge in [-0.1, -0.05) is 97.1 Å². The van der Waals surface area contributed by atoms with Gasteiger partial charge in [-0.15, -0.1) is 0 Å². The molecule has 0 spiro atoms. The van der Waals surface area contributed by atoms with Gasteiger partial charge >= 0.3 is 5.97 Å². The van der Waals surface area contributed by atoms with Crippen LogP contribution < -0.4 is 0 Å². The average molecular weight is 341 g/mol.